The first-order chi connectivity index (χ1) is 9.67. The van der Waals surface area contributed by atoms with E-state index in [0.717, 1.165) is 17.9 Å². The second-order valence-corrected chi connectivity index (χ2v) is 7.84. The molecule has 0 radical (unpaired) electrons. The van der Waals surface area contributed by atoms with E-state index in [-0.39, 0.29) is 0 Å². The van der Waals surface area contributed by atoms with Gasteiger partial charge in [-0.25, -0.2) is 0 Å². The van der Waals surface area contributed by atoms with Gasteiger partial charge in [0.1, 0.15) is 0 Å². The van der Waals surface area contributed by atoms with E-state index in [1.54, 1.807) is 17.0 Å². The maximum atomic E-state index is 2.65. The molecular weight excluding hydrogens is 242 g/mol. The summed E-state index contributed by atoms with van der Waals surface area (Å²) in [6.45, 7) is 7.35. The van der Waals surface area contributed by atoms with Crippen LogP contribution >= 0.6 is 0 Å². The molecular formula is C19H29N. The predicted molar refractivity (Wildman–Crippen MR) is 84.1 cm³/mol. The first-order valence-corrected chi connectivity index (χ1v) is 8.89. The van der Waals surface area contributed by atoms with Gasteiger partial charge in [0.05, 0.1) is 11.7 Å². The molecule has 1 saturated heterocycles. The maximum absolute atomic E-state index is 2.65. The quantitative estimate of drug-likeness (QED) is 0.498. The molecule has 20 heavy (non-hydrogen) atoms. The fraction of sp³-hybridized carbons (Fsp3) is 0.789. The molecule has 110 valence electrons. The van der Waals surface area contributed by atoms with Gasteiger partial charge in [0.2, 0.25) is 0 Å². The third-order valence-electron chi connectivity index (χ3n) is 6.60. The van der Waals surface area contributed by atoms with E-state index in [9.17, 15) is 0 Å². The third kappa shape index (κ3) is 1.81. The van der Waals surface area contributed by atoms with Crippen LogP contribution in [0.15, 0.2) is 23.0 Å². The summed E-state index contributed by atoms with van der Waals surface area (Å²) >= 11 is 0. The van der Waals surface area contributed by atoms with E-state index in [2.05, 4.69) is 31.7 Å². The second-order valence-electron chi connectivity index (χ2n) is 7.84. The zero-order chi connectivity index (χ0) is 13.9. The molecule has 0 spiro atoms. The van der Waals surface area contributed by atoms with Crippen molar-refractivity contribution in [3.05, 3.63) is 23.0 Å². The van der Waals surface area contributed by atoms with Gasteiger partial charge in [-0.2, -0.15) is 0 Å². The van der Waals surface area contributed by atoms with Crippen molar-refractivity contribution in [2.24, 2.45) is 17.3 Å². The molecule has 4 rings (SSSR count). The second kappa shape index (κ2) is 4.39. The van der Waals surface area contributed by atoms with Crippen molar-refractivity contribution in [2.45, 2.75) is 78.2 Å². The zero-order valence-electron chi connectivity index (χ0n) is 13.4. The summed E-state index contributed by atoms with van der Waals surface area (Å²) in [5.41, 5.74) is 5.69. The van der Waals surface area contributed by atoms with Crippen molar-refractivity contribution in [3.8, 4) is 0 Å². The summed E-state index contributed by atoms with van der Waals surface area (Å²) in [5, 5.41) is 0. The van der Waals surface area contributed by atoms with Crippen LogP contribution in [0.1, 0.15) is 72.1 Å². The average molecular weight is 271 g/mol. The molecule has 2 unspecified atom stereocenters. The van der Waals surface area contributed by atoms with E-state index >= 15 is 0 Å². The van der Waals surface area contributed by atoms with Gasteiger partial charge in [0, 0.05) is 11.1 Å². The fourth-order valence-corrected chi connectivity index (χ4v) is 5.04. The molecule has 2 heterocycles. The molecule has 0 amide bonds. The number of hydrogen-bond acceptors (Lipinski definition) is 1. The number of hydrogen-bond donors (Lipinski definition) is 0. The van der Waals surface area contributed by atoms with Crippen molar-refractivity contribution >= 4 is 0 Å². The molecule has 4 aliphatic rings. The lowest BCUT2D eigenvalue weighted by Crippen LogP contribution is -2.36. The smallest absolute Gasteiger partial charge is 0.0849 e. The van der Waals surface area contributed by atoms with Crippen molar-refractivity contribution in [2.75, 3.05) is 0 Å². The minimum absolute atomic E-state index is 0.495. The van der Waals surface area contributed by atoms with Gasteiger partial charge in [-0.05, 0) is 37.5 Å². The molecule has 0 aromatic rings. The molecule has 1 saturated carbocycles. The Hall–Kier alpha value is -0.720. The normalized spacial score (nSPS) is 38.5. The maximum Gasteiger partial charge on any atom is 0.0849 e. The standard InChI is InChI=1S/C19H29N/c1-4-16-17-18(20(16)17)19(3,15-11-12-15)14-9-5-7-13(2)8-6-10-14/h11,13-14,18H,4-10,12H2,1-3H3. The summed E-state index contributed by atoms with van der Waals surface area (Å²) in [7, 11) is 0. The van der Waals surface area contributed by atoms with Crippen LogP contribution in [0.4, 0.5) is 0 Å². The fourth-order valence-electron chi connectivity index (χ4n) is 5.04. The van der Waals surface area contributed by atoms with E-state index in [1.165, 1.54) is 51.4 Å². The van der Waals surface area contributed by atoms with Gasteiger partial charge in [-0.1, -0.05) is 58.1 Å². The Bertz CT molecular complexity index is 476. The Labute approximate surface area is 124 Å². The van der Waals surface area contributed by atoms with Crippen LogP contribution in [0, 0.1) is 17.3 Å². The van der Waals surface area contributed by atoms with Crippen LogP contribution < -0.4 is 0 Å². The Morgan fingerprint density at radius 1 is 1.20 bits per heavy atom. The highest BCUT2D eigenvalue weighted by Crippen LogP contribution is 2.68. The van der Waals surface area contributed by atoms with Crippen LogP contribution in [0.3, 0.4) is 0 Å². The van der Waals surface area contributed by atoms with Gasteiger partial charge in [0.25, 0.3) is 0 Å². The van der Waals surface area contributed by atoms with E-state index in [4.69, 9.17) is 0 Å². The highest BCUT2D eigenvalue weighted by molar-refractivity contribution is 5.58. The van der Waals surface area contributed by atoms with Gasteiger partial charge in [-0.15, -0.1) is 0 Å². The summed E-state index contributed by atoms with van der Waals surface area (Å²) in [5.74, 6) is 1.90. The average Bonchev–Trinajstić information content (AvgIpc) is 3.25. The first kappa shape index (κ1) is 13.0. The van der Waals surface area contributed by atoms with Crippen LogP contribution in [-0.2, 0) is 0 Å². The van der Waals surface area contributed by atoms with E-state index in [0.29, 0.717) is 5.41 Å². The number of rotatable bonds is 4. The SMILES string of the molecule is CCC1=C2C(C(C)(C3=CC3)C3CCCC(C)CCC3)N12. The topological polar surface area (TPSA) is 3.01 Å². The number of allylic oxidation sites excluding steroid dienone is 2. The monoisotopic (exact) mass is 271 g/mol. The summed E-state index contributed by atoms with van der Waals surface area (Å²) in [6.07, 6.45) is 13.8. The molecule has 2 atom stereocenters. The number of fused-ring (bicyclic) bond motifs is 1. The van der Waals surface area contributed by atoms with Crippen LogP contribution in [0.2, 0.25) is 0 Å². The van der Waals surface area contributed by atoms with Crippen molar-refractivity contribution < 1.29 is 0 Å². The lowest BCUT2D eigenvalue weighted by molar-refractivity contribution is 0.166. The molecule has 2 fully saturated rings. The molecule has 1 nitrogen and oxygen atoms in total. The summed E-state index contributed by atoms with van der Waals surface area (Å²) in [6, 6.07) is 0.813. The predicted octanol–water partition coefficient (Wildman–Crippen LogP) is 5.25. The third-order valence-corrected chi connectivity index (χ3v) is 6.60. The molecule has 1 heteroatoms. The Morgan fingerprint density at radius 2 is 1.80 bits per heavy atom. The first-order valence-electron chi connectivity index (χ1n) is 8.89. The molecule has 0 N–H and O–H groups in total. The summed E-state index contributed by atoms with van der Waals surface area (Å²) in [4.78, 5) is 2.65. The van der Waals surface area contributed by atoms with Gasteiger partial charge in [-0.3, -0.25) is 0 Å². The molecule has 0 bridgehead atoms. The molecule has 0 aromatic carbocycles. The van der Waals surface area contributed by atoms with Gasteiger partial charge in [0.15, 0.2) is 0 Å². The minimum atomic E-state index is 0.495. The van der Waals surface area contributed by atoms with Crippen molar-refractivity contribution in [3.63, 3.8) is 0 Å². The lowest BCUT2D eigenvalue weighted by atomic mass is 9.65. The number of nitrogens with zero attached hydrogens (tertiary/aromatic N) is 1. The van der Waals surface area contributed by atoms with E-state index < -0.39 is 0 Å². The molecule has 2 aliphatic heterocycles. The zero-order valence-corrected chi connectivity index (χ0v) is 13.4. The van der Waals surface area contributed by atoms with Crippen LogP contribution in [-0.4, -0.2) is 10.9 Å². The lowest BCUT2D eigenvalue weighted by Gasteiger charge is -2.39. The van der Waals surface area contributed by atoms with Gasteiger partial charge >= 0.3 is 0 Å². The van der Waals surface area contributed by atoms with Crippen molar-refractivity contribution in [1.82, 2.24) is 4.90 Å². The molecule has 2 aliphatic carbocycles. The van der Waals surface area contributed by atoms with Gasteiger partial charge < -0.3 is 4.90 Å². The Balaban J connectivity index is 1.51. The highest BCUT2D eigenvalue weighted by Gasteiger charge is 2.68. The summed E-state index contributed by atoms with van der Waals surface area (Å²) < 4.78 is 0. The Kier molecular flexibility index (Phi) is 2.85. The van der Waals surface area contributed by atoms with E-state index in [1.807, 2.05) is 0 Å². The molecule has 0 aromatic heterocycles. The van der Waals surface area contributed by atoms with Crippen LogP contribution in [0.25, 0.3) is 0 Å². The highest BCUT2D eigenvalue weighted by atomic mass is 15.5. The Morgan fingerprint density at radius 3 is 2.30 bits per heavy atom. The van der Waals surface area contributed by atoms with Crippen molar-refractivity contribution in [1.29, 1.82) is 0 Å². The minimum Gasteiger partial charge on any atom is -0.333 e. The largest absolute Gasteiger partial charge is 0.333 e. The van der Waals surface area contributed by atoms with Crippen LogP contribution in [0.5, 0.6) is 0 Å².